The fraction of sp³-hybridized carbons (Fsp3) is 1.00. The molecule has 0 bridgehead atoms. The lowest BCUT2D eigenvalue weighted by atomic mass is 9.77. The maximum Gasteiger partial charge on any atom is 0.0334 e. The molecular weight excluding hydrogens is 232 g/mol. The fourth-order valence-corrected chi connectivity index (χ4v) is 3.82. The van der Waals surface area contributed by atoms with Crippen molar-refractivity contribution in [3.63, 3.8) is 0 Å². The van der Waals surface area contributed by atoms with Crippen LogP contribution in [0.1, 0.15) is 73.1 Å². The van der Waals surface area contributed by atoms with E-state index < -0.39 is 0 Å². The van der Waals surface area contributed by atoms with E-state index in [1.54, 1.807) is 0 Å². The van der Waals surface area contributed by atoms with Gasteiger partial charge in [0.2, 0.25) is 0 Å². The highest BCUT2D eigenvalue weighted by molar-refractivity contribution is 5.00. The van der Waals surface area contributed by atoms with Crippen LogP contribution in [0.4, 0.5) is 0 Å². The number of hydrogen-bond acceptors (Lipinski definition) is 2. The van der Waals surface area contributed by atoms with E-state index in [-0.39, 0.29) is 0 Å². The predicted molar refractivity (Wildman–Crippen MR) is 85.7 cm³/mol. The Hall–Kier alpha value is -0.0800. The van der Waals surface area contributed by atoms with Gasteiger partial charge in [0.1, 0.15) is 0 Å². The number of hydrogen-bond donors (Lipinski definition) is 1. The van der Waals surface area contributed by atoms with Crippen molar-refractivity contribution in [3.8, 4) is 0 Å². The first kappa shape index (κ1) is 17.0. The summed E-state index contributed by atoms with van der Waals surface area (Å²) in [6, 6.07) is 0.644. The van der Waals surface area contributed by atoms with Crippen LogP contribution >= 0.6 is 0 Å². The highest BCUT2D eigenvalue weighted by Gasteiger charge is 2.41. The van der Waals surface area contributed by atoms with Gasteiger partial charge in [0.25, 0.3) is 0 Å². The van der Waals surface area contributed by atoms with Gasteiger partial charge in [-0.3, -0.25) is 4.90 Å². The SMILES string of the molecule is CCCNC(C(CC)CC)C(C)(CC)N1CCCC1. The summed E-state index contributed by atoms with van der Waals surface area (Å²) in [4.78, 5) is 2.76. The molecule has 0 aromatic carbocycles. The Labute approximate surface area is 121 Å². The summed E-state index contributed by atoms with van der Waals surface area (Å²) < 4.78 is 0. The topological polar surface area (TPSA) is 15.3 Å². The molecule has 0 radical (unpaired) electrons. The Morgan fingerprint density at radius 3 is 2.05 bits per heavy atom. The highest BCUT2D eigenvalue weighted by Crippen LogP contribution is 2.33. The zero-order valence-corrected chi connectivity index (χ0v) is 14.0. The molecule has 2 heteroatoms. The van der Waals surface area contributed by atoms with E-state index in [0.717, 1.165) is 12.5 Å². The van der Waals surface area contributed by atoms with Crippen LogP contribution in [0.2, 0.25) is 0 Å². The molecular formula is C17H36N2. The second-order valence-corrected chi connectivity index (χ2v) is 6.41. The second kappa shape index (κ2) is 8.26. The molecule has 1 saturated heterocycles. The van der Waals surface area contributed by atoms with Gasteiger partial charge < -0.3 is 5.32 Å². The van der Waals surface area contributed by atoms with Gasteiger partial charge in [0.15, 0.2) is 0 Å². The summed E-state index contributed by atoms with van der Waals surface area (Å²) >= 11 is 0. The molecule has 19 heavy (non-hydrogen) atoms. The lowest BCUT2D eigenvalue weighted by molar-refractivity contribution is 0.0547. The summed E-state index contributed by atoms with van der Waals surface area (Å²) in [5.74, 6) is 0.803. The molecule has 1 heterocycles. The molecule has 0 aliphatic carbocycles. The third kappa shape index (κ3) is 3.95. The molecule has 1 aliphatic rings. The third-order valence-electron chi connectivity index (χ3n) is 5.35. The van der Waals surface area contributed by atoms with Crippen molar-refractivity contribution in [2.45, 2.75) is 84.7 Å². The van der Waals surface area contributed by atoms with Crippen molar-refractivity contribution in [1.82, 2.24) is 10.2 Å². The van der Waals surface area contributed by atoms with Gasteiger partial charge >= 0.3 is 0 Å². The minimum absolute atomic E-state index is 0.336. The first-order valence-corrected chi connectivity index (χ1v) is 8.62. The van der Waals surface area contributed by atoms with E-state index >= 15 is 0 Å². The monoisotopic (exact) mass is 268 g/mol. The van der Waals surface area contributed by atoms with Crippen LogP contribution in [0.25, 0.3) is 0 Å². The van der Waals surface area contributed by atoms with Crippen molar-refractivity contribution < 1.29 is 0 Å². The molecule has 1 rings (SSSR count). The molecule has 0 aromatic rings. The van der Waals surface area contributed by atoms with Crippen LogP contribution < -0.4 is 5.32 Å². The molecule has 0 aromatic heterocycles. The number of likely N-dealkylation sites (tertiary alicyclic amines) is 1. The van der Waals surface area contributed by atoms with E-state index in [2.05, 4.69) is 44.8 Å². The molecule has 2 atom stereocenters. The minimum atomic E-state index is 0.336. The predicted octanol–water partition coefficient (Wildman–Crippen LogP) is 4.06. The van der Waals surface area contributed by atoms with Crippen LogP contribution in [-0.2, 0) is 0 Å². The molecule has 1 aliphatic heterocycles. The molecule has 0 spiro atoms. The minimum Gasteiger partial charge on any atom is -0.312 e. The van der Waals surface area contributed by atoms with Gasteiger partial charge in [-0.2, -0.15) is 0 Å². The molecule has 0 saturated carbocycles. The molecule has 114 valence electrons. The Morgan fingerprint density at radius 1 is 1.05 bits per heavy atom. The van der Waals surface area contributed by atoms with Crippen LogP contribution in [0.15, 0.2) is 0 Å². The third-order valence-corrected chi connectivity index (χ3v) is 5.35. The molecule has 2 unspecified atom stereocenters. The van der Waals surface area contributed by atoms with E-state index in [9.17, 15) is 0 Å². The van der Waals surface area contributed by atoms with E-state index in [1.807, 2.05) is 0 Å². The molecule has 0 amide bonds. The first-order valence-electron chi connectivity index (χ1n) is 8.62. The van der Waals surface area contributed by atoms with Gasteiger partial charge in [-0.15, -0.1) is 0 Å². The zero-order chi connectivity index (χ0) is 14.3. The van der Waals surface area contributed by atoms with Crippen molar-refractivity contribution in [1.29, 1.82) is 0 Å². The summed E-state index contributed by atoms with van der Waals surface area (Å²) in [5, 5.41) is 3.90. The maximum absolute atomic E-state index is 3.90. The van der Waals surface area contributed by atoms with Gasteiger partial charge in [0, 0.05) is 11.6 Å². The van der Waals surface area contributed by atoms with E-state index in [1.165, 1.54) is 51.6 Å². The molecule has 1 fully saturated rings. The van der Waals surface area contributed by atoms with Crippen molar-refractivity contribution in [2.24, 2.45) is 5.92 Å². The van der Waals surface area contributed by atoms with Gasteiger partial charge in [0.05, 0.1) is 0 Å². The highest BCUT2D eigenvalue weighted by atomic mass is 15.2. The maximum atomic E-state index is 3.90. The Bertz CT molecular complexity index is 231. The Morgan fingerprint density at radius 2 is 1.63 bits per heavy atom. The normalized spacial score (nSPS) is 21.8. The van der Waals surface area contributed by atoms with Crippen LogP contribution in [-0.4, -0.2) is 36.1 Å². The van der Waals surface area contributed by atoms with Crippen LogP contribution in [0.5, 0.6) is 0 Å². The number of nitrogens with zero attached hydrogens (tertiary/aromatic N) is 1. The van der Waals surface area contributed by atoms with Crippen molar-refractivity contribution in [3.05, 3.63) is 0 Å². The lowest BCUT2D eigenvalue weighted by Gasteiger charge is -2.48. The van der Waals surface area contributed by atoms with Crippen molar-refractivity contribution in [2.75, 3.05) is 19.6 Å². The summed E-state index contributed by atoms with van der Waals surface area (Å²) in [6.07, 6.45) is 7.85. The summed E-state index contributed by atoms with van der Waals surface area (Å²) in [7, 11) is 0. The van der Waals surface area contributed by atoms with Crippen molar-refractivity contribution >= 4 is 0 Å². The van der Waals surface area contributed by atoms with E-state index in [0.29, 0.717) is 11.6 Å². The molecule has 2 nitrogen and oxygen atoms in total. The van der Waals surface area contributed by atoms with Crippen LogP contribution in [0.3, 0.4) is 0 Å². The lowest BCUT2D eigenvalue weighted by Crippen LogP contribution is -2.61. The largest absolute Gasteiger partial charge is 0.312 e. The summed E-state index contributed by atoms with van der Waals surface area (Å²) in [5.41, 5.74) is 0.336. The number of rotatable bonds is 9. The fourth-order valence-electron chi connectivity index (χ4n) is 3.82. The van der Waals surface area contributed by atoms with Gasteiger partial charge in [-0.05, 0) is 58.2 Å². The number of nitrogens with one attached hydrogen (secondary N) is 1. The quantitative estimate of drug-likeness (QED) is 0.678. The molecule has 1 N–H and O–H groups in total. The Balaban J connectivity index is 2.89. The average molecular weight is 268 g/mol. The zero-order valence-electron chi connectivity index (χ0n) is 14.0. The van der Waals surface area contributed by atoms with Gasteiger partial charge in [-0.25, -0.2) is 0 Å². The Kier molecular flexibility index (Phi) is 7.38. The first-order chi connectivity index (χ1) is 9.13. The average Bonchev–Trinajstić information content (AvgIpc) is 2.97. The standard InChI is InChI=1S/C17H36N2/c1-6-12-18-16(15(7-2)8-3)17(5,9-4)19-13-10-11-14-19/h15-16,18H,6-14H2,1-5H3. The smallest absolute Gasteiger partial charge is 0.0334 e. The van der Waals surface area contributed by atoms with E-state index in [4.69, 9.17) is 0 Å². The van der Waals surface area contributed by atoms with Crippen LogP contribution in [0, 0.1) is 5.92 Å². The second-order valence-electron chi connectivity index (χ2n) is 6.41. The summed E-state index contributed by atoms with van der Waals surface area (Å²) in [6.45, 7) is 15.6. The van der Waals surface area contributed by atoms with Gasteiger partial charge in [-0.1, -0.05) is 40.5 Å².